The van der Waals surface area contributed by atoms with Gasteiger partial charge in [0, 0.05) is 6.42 Å². The van der Waals surface area contributed by atoms with Crippen molar-refractivity contribution in [3.8, 4) is 11.5 Å². The molecule has 0 bridgehead atoms. The van der Waals surface area contributed by atoms with E-state index in [1.165, 1.54) is 7.11 Å². The summed E-state index contributed by atoms with van der Waals surface area (Å²) >= 11 is 0. The molecule has 1 atom stereocenters. The van der Waals surface area contributed by atoms with Crippen LogP contribution in [-0.4, -0.2) is 23.7 Å². The van der Waals surface area contributed by atoms with E-state index < -0.39 is 11.5 Å². The third-order valence-electron chi connectivity index (χ3n) is 3.77. The largest absolute Gasteiger partial charge is 0.504 e. The highest BCUT2D eigenvalue weighted by atomic mass is 16.5. The lowest BCUT2D eigenvalue weighted by atomic mass is 9.93. The second-order valence-electron chi connectivity index (χ2n) is 5.72. The first-order valence-electron chi connectivity index (χ1n) is 7.53. The van der Waals surface area contributed by atoms with Crippen LogP contribution in [0, 0.1) is 0 Å². The number of benzene rings is 2. The van der Waals surface area contributed by atoms with E-state index in [4.69, 9.17) is 15.3 Å². The molecule has 0 heterocycles. The van der Waals surface area contributed by atoms with Gasteiger partial charge in [-0.15, -0.1) is 0 Å². The van der Waals surface area contributed by atoms with Crippen LogP contribution in [0.25, 0.3) is 0 Å². The Balaban J connectivity index is 2.07. The lowest BCUT2D eigenvalue weighted by Gasteiger charge is -2.25. The molecule has 0 aliphatic heterocycles. The van der Waals surface area contributed by atoms with Crippen LogP contribution in [0.5, 0.6) is 11.5 Å². The van der Waals surface area contributed by atoms with Crippen LogP contribution in [0.3, 0.4) is 0 Å². The molecular weight excluding hydrogens is 308 g/mol. The number of hydrogen-bond acceptors (Lipinski definition) is 6. The molecule has 0 radical (unpaired) electrons. The lowest BCUT2D eigenvalue weighted by molar-refractivity contribution is -0.147. The number of aromatic hydroxyl groups is 1. The highest BCUT2D eigenvalue weighted by Crippen LogP contribution is 2.29. The van der Waals surface area contributed by atoms with Gasteiger partial charge in [-0.2, -0.15) is 0 Å². The number of rotatable bonds is 7. The molecule has 6 nitrogen and oxygen atoms in total. The molecular formula is C18H22N2O4. The maximum absolute atomic E-state index is 11.8. The fraction of sp³-hybridized carbons (Fsp3) is 0.278. The van der Waals surface area contributed by atoms with Gasteiger partial charge in [0.25, 0.3) is 0 Å². The van der Waals surface area contributed by atoms with Gasteiger partial charge in [0.1, 0.15) is 12.1 Å². The molecule has 0 aliphatic rings. The monoisotopic (exact) mass is 330 g/mol. The SMILES string of the molecule is COC(=O)C(C)(Cc1ccc(OCc2ccccc2)c(O)c1)NN. The van der Waals surface area contributed by atoms with Crippen LogP contribution in [0.2, 0.25) is 0 Å². The molecule has 0 aliphatic carbocycles. The molecule has 2 aromatic rings. The molecule has 6 heteroatoms. The second-order valence-corrected chi connectivity index (χ2v) is 5.72. The van der Waals surface area contributed by atoms with Gasteiger partial charge in [0.2, 0.25) is 0 Å². The number of methoxy groups -OCH3 is 1. The normalized spacial score (nSPS) is 13.1. The van der Waals surface area contributed by atoms with Crippen molar-refractivity contribution in [2.45, 2.75) is 25.5 Å². The van der Waals surface area contributed by atoms with Crippen molar-refractivity contribution < 1.29 is 19.4 Å². The molecule has 24 heavy (non-hydrogen) atoms. The van der Waals surface area contributed by atoms with Crippen LogP contribution < -0.4 is 16.0 Å². The molecule has 128 valence electrons. The number of carbonyl (C=O) groups is 1. The third-order valence-corrected chi connectivity index (χ3v) is 3.77. The van der Waals surface area contributed by atoms with Crippen molar-refractivity contribution in [3.05, 3.63) is 59.7 Å². The van der Waals surface area contributed by atoms with E-state index in [9.17, 15) is 9.90 Å². The van der Waals surface area contributed by atoms with E-state index in [0.29, 0.717) is 12.4 Å². The first kappa shape index (κ1) is 17.8. The molecule has 0 saturated carbocycles. The Morgan fingerprint density at radius 3 is 2.50 bits per heavy atom. The summed E-state index contributed by atoms with van der Waals surface area (Å²) in [5.41, 5.74) is 3.13. The number of carbonyl (C=O) groups excluding carboxylic acids is 1. The van der Waals surface area contributed by atoms with Crippen molar-refractivity contribution in [2.75, 3.05) is 7.11 Å². The van der Waals surface area contributed by atoms with Crippen molar-refractivity contribution in [1.29, 1.82) is 0 Å². The topological polar surface area (TPSA) is 93.8 Å². The second kappa shape index (κ2) is 7.81. The van der Waals surface area contributed by atoms with E-state index in [0.717, 1.165) is 11.1 Å². The molecule has 0 saturated heterocycles. The molecule has 0 amide bonds. The molecule has 4 N–H and O–H groups in total. The zero-order chi connectivity index (χ0) is 17.6. The van der Waals surface area contributed by atoms with E-state index >= 15 is 0 Å². The van der Waals surface area contributed by atoms with E-state index in [2.05, 4.69) is 5.43 Å². The first-order valence-corrected chi connectivity index (χ1v) is 7.53. The van der Waals surface area contributed by atoms with Gasteiger partial charge in [-0.3, -0.25) is 10.6 Å². The minimum absolute atomic E-state index is 0.00710. The molecule has 0 fully saturated rings. The van der Waals surface area contributed by atoms with Crippen LogP contribution in [0.4, 0.5) is 0 Å². The quantitative estimate of drug-likeness (QED) is 0.408. The Morgan fingerprint density at radius 1 is 1.21 bits per heavy atom. The minimum atomic E-state index is -1.08. The summed E-state index contributed by atoms with van der Waals surface area (Å²) in [7, 11) is 1.30. The van der Waals surface area contributed by atoms with Gasteiger partial charge in [-0.25, -0.2) is 5.43 Å². The summed E-state index contributed by atoms with van der Waals surface area (Å²) < 4.78 is 10.4. The summed E-state index contributed by atoms with van der Waals surface area (Å²) in [5, 5.41) is 10.1. The maximum Gasteiger partial charge on any atom is 0.327 e. The zero-order valence-corrected chi connectivity index (χ0v) is 13.8. The van der Waals surface area contributed by atoms with Gasteiger partial charge in [-0.05, 0) is 30.2 Å². The zero-order valence-electron chi connectivity index (χ0n) is 13.8. The average molecular weight is 330 g/mol. The van der Waals surface area contributed by atoms with Gasteiger partial charge in [0.05, 0.1) is 7.11 Å². The van der Waals surface area contributed by atoms with E-state index in [1.54, 1.807) is 25.1 Å². The highest BCUT2D eigenvalue weighted by molar-refractivity contribution is 5.80. The number of nitrogens with two attached hydrogens (primary N) is 1. The number of phenolic OH excluding ortho intramolecular Hbond substituents is 1. The Hall–Kier alpha value is -2.57. The number of hydrazine groups is 1. The summed E-state index contributed by atoms with van der Waals surface area (Å²) in [6.07, 6.45) is 0.267. The van der Waals surface area contributed by atoms with Crippen LogP contribution in [-0.2, 0) is 22.6 Å². The summed E-state index contributed by atoms with van der Waals surface area (Å²) in [4.78, 5) is 11.8. The van der Waals surface area contributed by atoms with Crippen molar-refractivity contribution in [3.63, 3.8) is 0 Å². The number of nitrogens with one attached hydrogen (secondary N) is 1. The number of phenols is 1. The predicted octanol–water partition coefficient (Wildman–Crippen LogP) is 1.91. The van der Waals surface area contributed by atoms with E-state index in [1.807, 2.05) is 30.3 Å². The van der Waals surface area contributed by atoms with E-state index in [-0.39, 0.29) is 12.2 Å². The summed E-state index contributed by atoms with van der Waals surface area (Å²) in [5.74, 6) is 5.38. The fourth-order valence-corrected chi connectivity index (χ4v) is 2.35. The third kappa shape index (κ3) is 4.24. The van der Waals surface area contributed by atoms with Gasteiger partial charge >= 0.3 is 5.97 Å². The smallest absolute Gasteiger partial charge is 0.327 e. The van der Waals surface area contributed by atoms with Crippen molar-refractivity contribution >= 4 is 5.97 Å². The van der Waals surface area contributed by atoms with Gasteiger partial charge < -0.3 is 14.6 Å². The van der Waals surface area contributed by atoms with Gasteiger partial charge in [0.15, 0.2) is 11.5 Å². The summed E-state index contributed by atoms with van der Waals surface area (Å²) in [6.45, 7) is 1.99. The molecule has 0 aromatic heterocycles. The van der Waals surface area contributed by atoms with Crippen LogP contribution in [0.15, 0.2) is 48.5 Å². The number of esters is 1. The van der Waals surface area contributed by atoms with Gasteiger partial charge in [-0.1, -0.05) is 36.4 Å². The lowest BCUT2D eigenvalue weighted by Crippen LogP contribution is -2.55. The molecule has 0 spiro atoms. The number of hydrogen-bond donors (Lipinski definition) is 3. The number of ether oxygens (including phenoxy) is 2. The fourth-order valence-electron chi connectivity index (χ4n) is 2.35. The Labute approximate surface area is 141 Å². The Morgan fingerprint density at radius 2 is 1.92 bits per heavy atom. The molecule has 1 unspecified atom stereocenters. The molecule has 2 rings (SSSR count). The van der Waals surface area contributed by atoms with Crippen LogP contribution >= 0.6 is 0 Å². The van der Waals surface area contributed by atoms with Crippen molar-refractivity contribution in [1.82, 2.24) is 5.43 Å². The van der Waals surface area contributed by atoms with Crippen LogP contribution in [0.1, 0.15) is 18.1 Å². The first-order chi connectivity index (χ1) is 11.5. The highest BCUT2D eigenvalue weighted by Gasteiger charge is 2.33. The Kier molecular flexibility index (Phi) is 5.78. The molecule has 2 aromatic carbocycles. The summed E-state index contributed by atoms with van der Waals surface area (Å²) in [6, 6.07) is 14.7. The Bertz CT molecular complexity index is 691. The maximum atomic E-state index is 11.8. The average Bonchev–Trinajstić information content (AvgIpc) is 2.61. The minimum Gasteiger partial charge on any atom is -0.504 e. The van der Waals surface area contributed by atoms with Crippen molar-refractivity contribution in [2.24, 2.45) is 5.84 Å². The predicted molar refractivity (Wildman–Crippen MR) is 90.3 cm³/mol. The standard InChI is InChI=1S/C18H22N2O4/c1-18(20-19,17(22)23-2)11-14-8-9-16(15(21)10-14)24-12-13-6-4-3-5-7-13/h3-10,20-21H,11-12,19H2,1-2H3.